The predicted octanol–water partition coefficient (Wildman–Crippen LogP) is 3.66. The summed E-state index contributed by atoms with van der Waals surface area (Å²) in [5, 5.41) is 4.93. The van der Waals surface area contributed by atoms with Gasteiger partial charge >= 0.3 is 6.03 Å². The Morgan fingerprint density at radius 3 is 2.54 bits per heavy atom. The van der Waals surface area contributed by atoms with Gasteiger partial charge in [0.15, 0.2) is 0 Å². The Kier molecular flexibility index (Phi) is 6.69. The number of hydrogen-bond donors (Lipinski definition) is 1. The molecule has 0 unspecified atom stereocenters. The van der Waals surface area contributed by atoms with E-state index in [9.17, 15) is 4.79 Å². The average Bonchev–Trinajstić information content (AvgIpc) is 3.12. The number of benzene rings is 1. The van der Waals surface area contributed by atoms with Crippen LogP contribution in [0.5, 0.6) is 11.5 Å². The van der Waals surface area contributed by atoms with Crippen molar-refractivity contribution in [3.05, 3.63) is 58.8 Å². The number of carbonyl (C=O) groups is 1. The Bertz CT molecular complexity index is 649. The Balaban J connectivity index is 2.00. The van der Waals surface area contributed by atoms with Crippen molar-refractivity contribution in [2.45, 2.75) is 13.1 Å². The molecule has 0 spiro atoms. The van der Waals surface area contributed by atoms with E-state index in [2.05, 4.69) is 11.9 Å². The lowest BCUT2D eigenvalue weighted by Crippen LogP contribution is -2.39. The summed E-state index contributed by atoms with van der Waals surface area (Å²) in [5.74, 6) is 1.39. The molecule has 128 valence electrons. The third-order valence-electron chi connectivity index (χ3n) is 3.42. The molecule has 6 heteroatoms. The van der Waals surface area contributed by atoms with Gasteiger partial charge < -0.3 is 19.7 Å². The quantitative estimate of drug-likeness (QED) is 0.742. The number of ether oxygens (including phenoxy) is 2. The predicted molar refractivity (Wildman–Crippen MR) is 96.7 cm³/mol. The third kappa shape index (κ3) is 5.03. The fraction of sp³-hybridized carbons (Fsp3) is 0.278. The van der Waals surface area contributed by atoms with Crippen LogP contribution in [-0.2, 0) is 13.1 Å². The number of urea groups is 1. The number of hydrogen-bond acceptors (Lipinski definition) is 4. The smallest absolute Gasteiger partial charge is 0.318 e. The largest absolute Gasteiger partial charge is 0.497 e. The molecule has 0 bridgehead atoms. The van der Waals surface area contributed by atoms with Crippen LogP contribution < -0.4 is 14.8 Å². The first-order chi connectivity index (χ1) is 11.7. The van der Waals surface area contributed by atoms with Gasteiger partial charge in [-0.3, -0.25) is 0 Å². The molecule has 1 aromatic carbocycles. The molecule has 0 aliphatic heterocycles. The lowest BCUT2D eigenvalue weighted by molar-refractivity contribution is 0.201. The first kappa shape index (κ1) is 17.9. The Morgan fingerprint density at radius 1 is 1.29 bits per heavy atom. The fourth-order valence-corrected chi connectivity index (χ4v) is 2.94. The van der Waals surface area contributed by atoms with Crippen LogP contribution in [0.25, 0.3) is 0 Å². The number of thiophene rings is 1. The van der Waals surface area contributed by atoms with Gasteiger partial charge in [0.1, 0.15) is 11.5 Å². The van der Waals surface area contributed by atoms with Crippen LogP contribution >= 0.6 is 11.3 Å². The maximum absolute atomic E-state index is 12.5. The molecule has 1 aromatic heterocycles. The van der Waals surface area contributed by atoms with E-state index in [1.165, 1.54) is 0 Å². The van der Waals surface area contributed by atoms with Crippen molar-refractivity contribution >= 4 is 17.4 Å². The molecule has 0 aliphatic rings. The van der Waals surface area contributed by atoms with Crippen LogP contribution in [0.1, 0.15) is 10.4 Å². The van der Waals surface area contributed by atoms with Crippen LogP contribution in [0.3, 0.4) is 0 Å². The van der Waals surface area contributed by atoms with Crippen molar-refractivity contribution in [1.29, 1.82) is 0 Å². The summed E-state index contributed by atoms with van der Waals surface area (Å²) in [6, 6.07) is 9.41. The normalized spacial score (nSPS) is 10.1. The molecule has 0 saturated heterocycles. The molecular formula is C18H22N2O3S. The van der Waals surface area contributed by atoms with E-state index in [0.29, 0.717) is 31.1 Å². The summed E-state index contributed by atoms with van der Waals surface area (Å²) in [6.07, 6.45) is 1.72. The van der Waals surface area contributed by atoms with Crippen molar-refractivity contribution in [2.75, 3.05) is 20.8 Å². The van der Waals surface area contributed by atoms with Gasteiger partial charge in [-0.15, -0.1) is 17.9 Å². The van der Waals surface area contributed by atoms with Gasteiger partial charge in [-0.2, -0.15) is 0 Å². The zero-order valence-corrected chi connectivity index (χ0v) is 14.8. The van der Waals surface area contributed by atoms with Gasteiger partial charge in [0, 0.05) is 24.0 Å². The minimum atomic E-state index is -0.134. The standard InChI is InChI=1S/C18H22N2O3S/c1-4-7-20(13-17-6-5-8-24-17)18(21)19-12-14-9-15(22-2)11-16(10-14)23-3/h4-6,8-11H,1,7,12-13H2,2-3H3,(H,19,21). The first-order valence-electron chi connectivity index (χ1n) is 7.54. The molecule has 2 amide bonds. The molecule has 0 aliphatic carbocycles. The first-order valence-corrected chi connectivity index (χ1v) is 8.42. The monoisotopic (exact) mass is 346 g/mol. The molecule has 0 radical (unpaired) electrons. The fourth-order valence-electron chi connectivity index (χ4n) is 2.22. The molecule has 2 rings (SSSR count). The van der Waals surface area contributed by atoms with Crippen LogP contribution in [-0.4, -0.2) is 31.7 Å². The average molecular weight is 346 g/mol. The molecule has 0 fully saturated rings. The second kappa shape index (κ2) is 8.98. The molecular weight excluding hydrogens is 324 g/mol. The highest BCUT2D eigenvalue weighted by Gasteiger charge is 2.13. The number of nitrogens with zero attached hydrogens (tertiary/aromatic N) is 1. The summed E-state index contributed by atoms with van der Waals surface area (Å²) in [7, 11) is 3.20. The van der Waals surface area contributed by atoms with Crippen LogP contribution in [0.4, 0.5) is 4.79 Å². The number of amides is 2. The topological polar surface area (TPSA) is 50.8 Å². The molecule has 1 heterocycles. The lowest BCUT2D eigenvalue weighted by Gasteiger charge is -2.21. The van der Waals surface area contributed by atoms with E-state index < -0.39 is 0 Å². The summed E-state index contributed by atoms with van der Waals surface area (Å²) < 4.78 is 10.5. The van der Waals surface area contributed by atoms with Gasteiger partial charge in [0.05, 0.1) is 20.8 Å². The maximum Gasteiger partial charge on any atom is 0.318 e. The van der Waals surface area contributed by atoms with Gasteiger partial charge in [-0.25, -0.2) is 4.79 Å². The maximum atomic E-state index is 12.5. The second-order valence-corrected chi connectivity index (χ2v) is 6.16. The van der Waals surface area contributed by atoms with Crippen molar-refractivity contribution in [2.24, 2.45) is 0 Å². The lowest BCUT2D eigenvalue weighted by atomic mass is 10.2. The van der Waals surface area contributed by atoms with Gasteiger partial charge in [-0.1, -0.05) is 12.1 Å². The number of carbonyl (C=O) groups excluding carboxylic acids is 1. The number of nitrogens with one attached hydrogen (secondary N) is 1. The zero-order chi connectivity index (χ0) is 17.4. The van der Waals surface area contributed by atoms with Gasteiger partial charge in [0.25, 0.3) is 0 Å². The minimum Gasteiger partial charge on any atom is -0.497 e. The van der Waals surface area contributed by atoms with E-state index in [4.69, 9.17) is 9.47 Å². The third-order valence-corrected chi connectivity index (χ3v) is 4.28. The van der Waals surface area contributed by atoms with Crippen molar-refractivity contribution in [3.8, 4) is 11.5 Å². The Hall–Kier alpha value is -2.47. The minimum absolute atomic E-state index is 0.134. The highest BCUT2D eigenvalue weighted by atomic mass is 32.1. The van der Waals surface area contributed by atoms with Crippen LogP contribution in [0.2, 0.25) is 0 Å². The summed E-state index contributed by atoms with van der Waals surface area (Å²) >= 11 is 1.63. The molecule has 1 N–H and O–H groups in total. The van der Waals surface area contributed by atoms with Crippen molar-refractivity contribution < 1.29 is 14.3 Å². The second-order valence-electron chi connectivity index (χ2n) is 5.13. The molecule has 24 heavy (non-hydrogen) atoms. The zero-order valence-electron chi connectivity index (χ0n) is 14.0. The molecule has 0 atom stereocenters. The molecule has 0 saturated carbocycles. The molecule has 5 nitrogen and oxygen atoms in total. The van der Waals surface area contributed by atoms with Crippen molar-refractivity contribution in [3.63, 3.8) is 0 Å². The van der Waals surface area contributed by atoms with Crippen LogP contribution in [0.15, 0.2) is 48.4 Å². The van der Waals surface area contributed by atoms with E-state index in [1.807, 2.05) is 29.6 Å². The van der Waals surface area contributed by atoms with Gasteiger partial charge in [0.2, 0.25) is 0 Å². The van der Waals surface area contributed by atoms with Crippen molar-refractivity contribution in [1.82, 2.24) is 10.2 Å². The highest BCUT2D eigenvalue weighted by molar-refractivity contribution is 7.09. The SMILES string of the molecule is C=CCN(Cc1cccs1)C(=O)NCc1cc(OC)cc(OC)c1. The summed E-state index contributed by atoms with van der Waals surface area (Å²) in [6.45, 7) is 5.18. The van der Waals surface area contributed by atoms with E-state index >= 15 is 0 Å². The van der Waals surface area contributed by atoms with E-state index in [-0.39, 0.29) is 6.03 Å². The van der Waals surface area contributed by atoms with Gasteiger partial charge in [-0.05, 0) is 29.1 Å². The Morgan fingerprint density at radius 2 is 2.00 bits per heavy atom. The molecule has 2 aromatic rings. The summed E-state index contributed by atoms with van der Waals surface area (Å²) in [4.78, 5) is 15.3. The Labute approximate surface area is 146 Å². The number of rotatable bonds is 8. The highest BCUT2D eigenvalue weighted by Crippen LogP contribution is 2.22. The van der Waals surface area contributed by atoms with Crippen LogP contribution in [0, 0.1) is 0 Å². The number of methoxy groups -OCH3 is 2. The summed E-state index contributed by atoms with van der Waals surface area (Å²) in [5.41, 5.74) is 0.911. The van der Waals surface area contributed by atoms with E-state index in [1.54, 1.807) is 42.6 Å². The van der Waals surface area contributed by atoms with E-state index in [0.717, 1.165) is 10.4 Å².